The number of hydrogen-bond acceptors (Lipinski definition) is 2. The molecule has 1 nitrogen and oxygen atoms in total. The molecule has 0 spiro atoms. The molecule has 0 fully saturated rings. The molecule has 3 heteroatoms. The van der Waals surface area contributed by atoms with Gasteiger partial charge in [-0.25, -0.2) is 0 Å². The second-order valence-corrected chi connectivity index (χ2v) is 3.80. The van der Waals surface area contributed by atoms with Gasteiger partial charge in [0, 0.05) is 5.02 Å². The Morgan fingerprint density at radius 3 is 2.86 bits per heavy atom. The molecule has 0 atom stereocenters. The molecule has 0 unspecified atom stereocenters. The largest absolute Gasteiger partial charge is 0.392 e. The Balaban J connectivity index is 2.85. The SMILES string of the molecule is OCc1cc(Cl)ccc1C=CCCS. The lowest BCUT2D eigenvalue weighted by Crippen LogP contribution is -1.87. The number of hydrogen-bond donors (Lipinski definition) is 2. The Bertz CT molecular complexity index is 323. The average molecular weight is 229 g/mol. The first kappa shape index (κ1) is 11.6. The average Bonchev–Trinajstić information content (AvgIpc) is 2.20. The maximum absolute atomic E-state index is 9.09. The monoisotopic (exact) mass is 228 g/mol. The minimum Gasteiger partial charge on any atom is -0.392 e. The molecular formula is C11H13ClOS. The van der Waals surface area contributed by atoms with Gasteiger partial charge in [-0.15, -0.1) is 0 Å². The Labute approximate surface area is 94.8 Å². The van der Waals surface area contributed by atoms with Crippen molar-refractivity contribution >= 4 is 30.3 Å². The van der Waals surface area contributed by atoms with E-state index in [2.05, 4.69) is 12.6 Å². The second-order valence-electron chi connectivity index (χ2n) is 2.92. The van der Waals surface area contributed by atoms with Crippen molar-refractivity contribution in [3.63, 3.8) is 0 Å². The van der Waals surface area contributed by atoms with Crippen LogP contribution in [-0.2, 0) is 6.61 Å². The van der Waals surface area contributed by atoms with Crippen molar-refractivity contribution in [1.82, 2.24) is 0 Å². The van der Waals surface area contributed by atoms with Gasteiger partial charge in [0.25, 0.3) is 0 Å². The summed E-state index contributed by atoms with van der Waals surface area (Å²) in [5.74, 6) is 0.832. The van der Waals surface area contributed by atoms with Crippen LogP contribution in [0.1, 0.15) is 17.5 Å². The summed E-state index contributed by atoms with van der Waals surface area (Å²) in [5, 5.41) is 9.74. The van der Waals surface area contributed by atoms with Crippen LogP contribution in [0.15, 0.2) is 24.3 Å². The summed E-state index contributed by atoms with van der Waals surface area (Å²) in [5.41, 5.74) is 1.87. The molecule has 0 amide bonds. The standard InChI is InChI=1S/C11H13ClOS/c12-11-5-4-9(3-1-2-6-14)10(7-11)8-13/h1,3-5,7,13-14H,2,6,8H2. The highest BCUT2D eigenvalue weighted by molar-refractivity contribution is 7.80. The third-order valence-corrected chi connectivity index (χ3v) is 2.36. The maximum Gasteiger partial charge on any atom is 0.0688 e. The fourth-order valence-corrected chi connectivity index (χ4v) is 1.50. The van der Waals surface area contributed by atoms with Gasteiger partial charge in [-0.1, -0.05) is 29.8 Å². The number of thiol groups is 1. The number of halogens is 1. The van der Waals surface area contributed by atoms with Crippen LogP contribution in [0.3, 0.4) is 0 Å². The molecular weight excluding hydrogens is 216 g/mol. The quantitative estimate of drug-likeness (QED) is 0.759. The van der Waals surface area contributed by atoms with Gasteiger partial charge >= 0.3 is 0 Å². The van der Waals surface area contributed by atoms with Gasteiger partial charge in [-0.05, 0) is 35.4 Å². The van der Waals surface area contributed by atoms with E-state index in [1.54, 1.807) is 6.07 Å². The summed E-state index contributed by atoms with van der Waals surface area (Å²) in [4.78, 5) is 0. The van der Waals surface area contributed by atoms with E-state index in [-0.39, 0.29) is 6.61 Å². The van der Waals surface area contributed by atoms with Crippen molar-refractivity contribution in [3.05, 3.63) is 40.4 Å². The highest BCUT2D eigenvalue weighted by Crippen LogP contribution is 2.17. The smallest absolute Gasteiger partial charge is 0.0688 e. The molecule has 1 aromatic carbocycles. The summed E-state index contributed by atoms with van der Waals surface area (Å²) in [7, 11) is 0. The van der Waals surface area contributed by atoms with Crippen LogP contribution in [-0.4, -0.2) is 10.9 Å². The van der Waals surface area contributed by atoms with Gasteiger partial charge < -0.3 is 5.11 Å². The zero-order valence-corrected chi connectivity index (χ0v) is 9.43. The minimum absolute atomic E-state index is 0.0150. The molecule has 0 aliphatic heterocycles. The minimum atomic E-state index is 0.0150. The van der Waals surface area contributed by atoms with Crippen molar-refractivity contribution < 1.29 is 5.11 Å². The molecule has 14 heavy (non-hydrogen) atoms. The Hall–Kier alpha value is -0.440. The Kier molecular flexibility index (Phi) is 5.09. The zero-order valence-electron chi connectivity index (χ0n) is 7.78. The van der Waals surface area contributed by atoms with Crippen molar-refractivity contribution in [2.75, 3.05) is 5.75 Å². The first-order chi connectivity index (χ1) is 6.77. The van der Waals surface area contributed by atoms with E-state index in [1.807, 2.05) is 24.3 Å². The van der Waals surface area contributed by atoms with Crippen LogP contribution < -0.4 is 0 Å². The van der Waals surface area contributed by atoms with Crippen LogP contribution in [0.5, 0.6) is 0 Å². The molecule has 0 aliphatic rings. The van der Waals surface area contributed by atoms with E-state index < -0.39 is 0 Å². The first-order valence-corrected chi connectivity index (χ1v) is 5.45. The molecule has 0 saturated carbocycles. The normalized spacial score (nSPS) is 11.1. The first-order valence-electron chi connectivity index (χ1n) is 4.44. The molecule has 1 aromatic rings. The highest BCUT2D eigenvalue weighted by atomic mass is 35.5. The van der Waals surface area contributed by atoms with Crippen LogP contribution in [0.4, 0.5) is 0 Å². The Morgan fingerprint density at radius 1 is 1.43 bits per heavy atom. The number of aliphatic hydroxyl groups excluding tert-OH is 1. The topological polar surface area (TPSA) is 20.2 Å². The molecule has 76 valence electrons. The number of rotatable bonds is 4. The Morgan fingerprint density at radius 2 is 2.21 bits per heavy atom. The van der Waals surface area contributed by atoms with E-state index >= 15 is 0 Å². The lowest BCUT2D eigenvalue weighted by atomic mass is 10.1. The predicted molar refractivity (Wildman–Crippen MR) is 64.9 cm³/mol. The highest BCUT2D eigenvalue weighted by Gasteiger charge is 1.98. The zero-order chi connectivity index (χ0) is 10.4. The molecule has 0 heterocycles. The van der Waals surface area contributed by atoms with Gasteiger partial charge in [0.05, 0.1) is 6.61 Å². The van der Waals surface area contributed by atoms with Gasteiger partial charge in [-0.2, -0.15) is 12.6 Å². The number of aliphatic hydroxyl groups is 1. The molecule has 0 bridgehead atoms. The lowest BCUT2D eigenvalue weighted by Gasteiger charge is -2.02. The van der Waals surface area contributed by atoms with Crippen molar-refractivity contribution in [2.24, 2.45) is 0 Å². The summed E-state index contributed by atoms with van der Waals surface area (Å²) in [6.07, 6.45) is 4.95. The fraction of sp³-hybridized carbons (Fsp3) is 0.273. The van der Waals surface area contributed by atoms with Crippen LogP contribution in [0, 0.1) is 0 Å². The van der Waals surface area contributed by atoms with Crippen LogP contribution in [0.2, 0.25) is 5.02 Å². The third kappa shape index (κ3) is 3.37. The van der Waals surface area contributed by atoms with Crippen molar-refractivity contribution in [2.45, 2.75) is 13.0 Å². The van der Waals surface area contributed by atoms with E-state index in [1.165, 1.54) is 0 Å². The van der Waals surface area contributed by atoms with E-state index in [4.69, 9.17) is 16.7 Å². The summed E-state index contributed by atoms with van der Waals surface area (Å²) in [6.45, 7) is 0.0150. The number of allylic oxidation sites excluding steroid dienone is 1. The van der Waals surface area contributed by atoms with Gasteiger partial charge in [0.15, 0.2) is 0 Å². The summed E-state index contributed by atoms with van der Waals surface area (Å²) in [6, 6.07) is 5.51. The summed E-state index contributed by atoms with van der Waals surface area (Å²) >= 11 is 9.92. The second kappa shape index (κ2) is 6.12. The summed E-state index contributed by atoms with van der Waals surface area (Å²) < 4.78 is 0. The van der Waals surface area contributed by atoms with Gasteiger partial charge in [0.1, 0.15) is 0 Å². The van der Waals surface area contributed by atoms with Crippen LogP contribution in [0.25, 0.3) is 6.08 Å². The van der Waals surface area contributed by atoms with E-state index in [0.717, 1.165) is 23.3 Å². The molecule has 0 aliphatic carbocycles. The number of benzene rings is 1. The lowest BCUT2D eigenvalue weighted by molar-refractivity contribution is 0.281. The van der Waals surface area contributed by atoms with Gasteiger partial charge in [0.2, 0.25) is 0 Å². The van der Waals surface area contributed by atoms with E-state index in [9.17, 15) is 0 Å². The third-order valence-electron chi connectivity index (χ3n) is 1.87. The maximum atomic E-state index is 9.09. The molecule has 1 N–H and O–H groups in total. The molecule has 0 saturated heterocycles. The van der Waals surface area contributed by atoms with Crippen molar-refractivity contribution in [3.8, 4) is 0 Å². The van der Waals surface area contributed by atoms with Crippen molar-refractivity contribution in [1.29, 1.82) is 0 Å². The molecule has 1 rings (SSSR count). The predicted octanol–water partition coefficient (Wildman–Crippen LogP) is 3.17. The van der Waals surface area contributed by atoms with Crippen LogP contribution >= 0.6 is 24.2 Å². The molecule has 0 aromatic heterocycles. The molecule has 0 radical (unpaired) electrons. The van der Waals surface area contributed by atoms with E-state index in [0.29, 0.717) is 5.02 Å². The van der Waals surface area contributed by atoms with Gasteiger partial charge in [-0.3, -0.25) is 0 Å². The fourth-order valence-electron chi connectivity index (χ4n) is 1.16.